The Bertz CT molecular complexity index is 1200. The summed E-state index contributed by atoms with van der Waals surface area (Å²) in [6.07, 6.45) is -4.51. The maximum absolute atomic E-state index is 12.3. The second-order valence-corrected chi connectivity index (χ2v) is 7.23. The molecule has 2 heterocycles. The Labute approximate surface area is 192 Å². The summed E-state index contributed by atoms with van der Waals surface area (Å²) in [7, 11) is 0. The summed E-state index contributed by atoms with van der Waals surface area (Å²) < 4.78 is 22.8. The summed E-state index contributed by atoms with van der Waals surface area (Å²) in [6.45, 7) is 6.45. The van der Waals surface area contributed by atoms with Gasteiger partial charge in [0.15, 0.2) is 18.0 Å². The summed E-state index contributed by atoms with van der Waals surface area (Å²) >= 11 is 0. The second kappa shape index (κ2) is 10.7. The third-order valence-electron chi connectivity index (χ3n) is 4.37. The van der Waals surface area contributed by atoms with Gasteiger partial charge in [0.25, 0.3) is 5.56 Å². The minimum absolute atomic E-state index is 0.149. The molecule has 0 radical (unpaired) electrons. The van der Waals surface area contributed by atoms with Crippen molar-refractivity contribution in [3.8, 4) is 0 Å². The molecule has 0 aliphatic heterocycles. The van der Waals surface area contributed by atoms with Gasteiger partial charge in [-0.25, -0.2) is 4.57 Å². The number of esters is 4. The molecule has 0 fully saturated rings. The van der Waals surface area contributed by atoms with Gasteiger partial charge in [-0.15, -0.1) is 10.2 Å². The SMILES string of the molecule is CC(=O)OC[C@H](OC(C)=O)[C@H](OC(C)=O)[C@@H](OC(C)=O)c1nnc2n(C(C)=O)c(=O)cc(C)n12. The molecule has 0 saturated carbocycles. The molecule has 0 N–H and O–H groups in total. The zero-order valence-corrected chi connectivity index (χ0v) is 19.4. The van der Waals surface area contributed by atoms with Crippen molar-refractivity contribution in [2.75, 3.05) is 6.61 Å². The van der Waals surface area contributed by atoms with Crippen molar-refractivity contribution in [3.05, 3.63) is 27.9 Å². The Morgan fingerprint density at radius 1 is 0.882 bits per heavy atom. The van der Waals surface area contributed by atoms with Crippen LogP contribution in [0.15, 0.2) is 10.9 Å². The third kappa shape index (κ3) is 6.02. The summed E-state index contributed by atoms with van der Waals surface area (Å²) in [4.78, 5) is 71.3. The number of fused-ring (bicyclic) bond motifs is 1. The number of aromatic nitrogens is 4. The van der Waals surface area contributed by atoms with Crippen LogP contribution in [0, 0.1) is 6.92 Å². The number of rotatable bonds is 8. The molecule has 0 saturated heterocycles. The predicted octanol–water partition coefficient (Wildman–Crippen LogP) is -0.110. The van der Waals surface area contributed by atoms with Gasteiger partial charge in [-0.1, -0.05) is 0 Å². The average molecular weight is 480 g/mol. The van der Waals surface area contributed by atoms with Gasteiger partial charge in [0, 0.05) is 46.4 Å². The Balaban J connectivity index is 2.77. The third-order valence-corrected chi connectivity index (χ3v) is 4.37. The van der Waals surface area contributed by atoms with Crippen molar-refractivity contribution in [2.45, 2.75) is 59.9 Å². The normalized spacial score (nSPS) is 13.5. The minimum atomic E-state index is -1.55. The average Bonchev–Trinajstić information content (AvgIpc) is 3.11. The summed E-state index contributed by atoms with van der Waals surface area (Å²) in [6, 6.07) is 1.13. The highest BCUT2D eigenvalue weighted by atomic mass is 16.6. The molecular formula is C20H24N4O10. The van der Waals surface area contributed by atoms with Crippen LogP contribution in [-0.2, 0) is 38.1 Å². The fourth-order valence-electron chi connectivity index (χ4n) is 3.24. The zero-order chi connectivity index (χ0) is 25.7. The molecule has 0 unspecified atom stereocenters. The van der Waals surface area contributed by atoms with Crippen LogP contribution in [0.3, 0.4) is 0 Å². The number of nitrogens with zero attached hydrogens (tertiary/aromatic N) is 4. The lowest BCUT2D eigenvalue weighted by atomic mass is 10.1. The molecule has 0 aromatic carbocycles. The molecule has 0 aliphatic carbocycles. The first-order valence-electron chi connectivity index (χ1n) is 9.97. The standard InChI is InChI=1S/C20H24N4O10/c1-9-7-16(30)24(10(2)25)20-22-21-19(23(9)20)18(34-14(6)29)17(33-13(5)28)15(32-12(4)27)8-31-11(3)26/h7,15,17-18H,8H2,1-6H3/t15-,17-,18+/m0/s1. The first kappa shape index (κ1) is 26.2. The lowest BCUT2D eigenvalue weighted by Crippen LogP contribution is -2.44. The Morgan fingerprint density at radius 2 is 1.47 bits per heavy atom. The van der Waals surface area contributed by atoms with Crippen LogP contribution in [-0.4, -0.2) is 67.8 Å². The predicted molar refractivity (Wildman–Crippen MR) is 111 cm³/mol. The molecule has 2 aromatic heterocycles. The molecule has 34 heavy (non-hydrogen) atoms. The van der Waals surface area contributed by atoms with Crippen LogP contribution in [0.1, 0.15) is 57.0 Å². The highest BCUT2D eigenvalue weighted by Crippen LogP contribution is 2.28. The van der Waals surface area contributed by atoms with E-state index in [0.29, 0.717) is 0 Å². The Hall–Kier alpha value is -4.10. The van der Waals surface area contributed by atoms with E-state index in [4.69, 9.17) is 18.9 Å². The molecule has 2 aromatic rings. The van der Waals surface area contributed by atoms with Crippen LogP contribution in [0.5, 0.6) is 0 Å². The Morgan fingerprint density at radius 3 is 1.97 bits per heavy atom. The van der Waals surface area contributed by atoms with Gasteiger partial charge in [-0.3, -0.25) is 33.2 Å². The van der Waals surface area contributed by atoms with Crippen molar-refractivity contribution < 1.29 is 42.9 Å². The number of hydrogen-bond donors (Lipinski definition) is 0. The van der Waals surface area contributed by atoms with E-state index in [-0.39, 0.29) is 17.3 Å². The van der Waals surface area contributed by atoms with Crippen molar-refractivity contribution in [2.24, 2.45) is 0 Å². The van der Waals surface area contributed by atoms with E-state index in [0.717, 1.165) is 45.3 Å². The molecule has 0 amide bonds. The maximum atomic E-state index is 12.3. The molecular weight excluding hydrogens is 456 g/mol. The van der Waals surface area contributed by atoms with Crippen LogP contribution in [0.2, 0.25) is 0 Å². The van der Waals surface area contributed by atoms with Crippen molar-refractivity contribution in [1.29, 1.82) is 0 Å². The molecule has 0 aliphatic rings. The van der Waals surface area contributed by atoms with E-state index in [1.807, 2.05) is 0 Å². The van der Waals surface area contributed by atoms with Crippen molar-refractivity contribution in [3.63, 3.8) is 0 Å². The molecule has 0 spiro atoms. The molecule has 14 nitrogen and oxygen atoms in total. The zero-order valence-electron chi connectivity index (χ0n) is 19.4. The van der Waals surface area contributed by atoms with E-state index in [1.165, 1.54) is 11.3 Å². The summed E-state index contributed by atoms with van der Waals surface area (Å²) in [5.74, 6) is -4.17. The smallest absolute Gasteiger partial charge is 0.303 e. The van der Waals surface area contributed by atoms with E-state index >= 15 is 0 Å². The van der Waals surface area contributed by atoms with E-state index in [9.17, 15) is 28.8 Å². The van der Waals surface area contributed by atoms with E-state index in [2.05, 4.69) is 10.2 Å². The maximum Gasteiger partial charge on any atom is 0.303 e. The topological polar surface area (TPSA) is 174 Å². The number of ether oxygens (including phenoxy) is 4. The van der Waals surface area contributed by atoms with Gasteiger partial charge >= 0.3 is 23.9 Å². The minimum Gasteiger partial charge on any atom is -0.462 e. The van der Waals surface area contributed by atoms with Crippen LogP contribution in [0.4, 0.5) is 0 Å². The quantitative estimate of drug-likeness (QED) is 0.363. The van der Waals surface area contributed by atoms with Gasteiger partial charge in [-0.05, 0) is 6.92 Å². The van der Waals surface area contributed by atoms with E-state index in [1.54, 1.807) is 0 Å². The fourth-order valence-corrected chi connectivity index (χ4v) is 3.24. The van der Waals surface area contributed by atoms with Crippen molar-refractivity contribution in [1.82, 2.24) is 19.2 Å². The lowest BCUT2D eigenvalue weighted by Gasteiger charge is -2.30. The molecule has 2 rings (SSSR count). The second-order valence-electron chi connectivity index (χ2n) is 7.23. The first-order valence-corrected chi connectivity index (χ1v) is 9.97. The number of carbonyl (C=O) groups excluding carboxylic acids is 5. The highest BCUT2D eigenvalue weighted by molar-refractivity contribution is 5.79. The largest absolute Gasteiger partial charge is 0.462 e. The van der Waals surface area contributed by atoms with E-state index < -0.39 is 60.3 Å². The number of hydrogen-bond acceptors (Lipinski definition) is 12. The summed E-state index contributed by atoms with van der Waals surface area (Å²) in [5, 5.41) is 7.84. The monoisotopic (exact) mass is 480 g/mol. The van der Waals surface area contributed by atoms with Gasteiger partial charge in [-0.2, -0.15) is 0 Å². The summed E-state index contributed by atoms with van der Waals surface area (Å²) in [5.41, 5.74) is -0.398. The fraction of sp³-hybridized carbons (Fsp3) is 0.500. The molecule has 184 valence electrons. The Kier molecular flexibility index (Phi) is 8.21. The van der Waals surface area contributed by atoms with Crippen LogP contribution in [0.25, 0.3) is 5.78 Å². The van der Waals surface area contributed by atoms with Gasteiger partial charge in [0.05, 0.1) is 0 Å². The lowest BCUT2D eigenvalue weighted by molar-refractivity contribution is -0.190. The van der Waals surface area contributed by atoms with Crippen LogP contribution >= 0.6 is 0 Å². The molecule has 0 bridgehead atoms. The van der Waals surface area contributed by atoms with Crippen LogP contribution < -0.4 is 5.56 Å². The van der Waals surface area contributed by atoms with Gasteiger partial charge in [0.1, 0.15) is 6.61 Å². The first-order chi connectivity index (χ1) is 15.8. The highest BCUT2D eigenvalue weighted by Gasteiger charge is 2.42. The van der Waals surface area contributed by atoms with Crippen molar-refractivity contribution >= 4 is 35.6 Å². The van der Waals surface area contributed by atoms with Gasteiger partial charge < -0.3 is 18.9 Å². The van der Waals surface area contributed by atoms with Gasteiger partial charge in [0.2, 0.25) is 17.8 Å². The molecule has 14 heteroatoms. The number of aryl methyl sites for hydroxylation is 1. The number of carbonyl (C=O) groups is 5. The molecule has 3 atom stereocenters.